The fourth-order valence-electron chi connectivity index (χ4n) is 4.81. The normalized spacial score (nSPS) is 34.0. The van der Waals surface area contributed by atoms with Gasteiger partial charge in [0.15, 0.2) is 0 Å². The summed E-state index contributed by atoms with van der Waals surface area (Å²) in [5, 5.41) is 3.75. The quantitative estimate of drug-likeness (QED) is 0.735. The summed E-state index contributed by atoms with van der Waals surface area (Å²) in [5.41, 5.74) is 1.07. The highest BCUT2D eigenvalue weighted by atomic mass is 15.1. The van der Waals surface area contributed by atoms with Crippen molar-refractivity contribution in [3.05, 3.63) is 0 Å². The fraction of sp³-hybridized carbons (Fsp3) is 1.00. The first-order valence-corrected chi connectivity index (χ1v) is 9.38. The molecule has 0 aromatic carbocycles. The van der Waals surface area contributed by atoms with E-state index in [0.717, 1.165) is 5.92 Å². The van der Waals surface area contributed by atoms with Crippen LogP contribution in [-0.4, -0.2) is 37.6 Å². The second-order valence-electron chi connectivity index (χ2n) is 8.86. The minimum Gasteiger partial charge on any atom is -0.316 e. The molecule has 124 valence electrons. The van der Waals surface area contributed by atoms with Gasteiger partial charge in [-0.15, -0.1) is 0 Å². The van der Waals surface area contributed by atoms with E-state index in [4.69, 9.17) is 0 Å². The van der Waals surface area contributed by atoms with Crippen LogP contribution in [0.4, 0.5) is 0 Å². The predicted octanol–water partition coefficient (Wildman–Crippen LogP) is 4.30. The predicted molar refractivity (Wildman–Crippen MR) is 92.7 cm³/mol. The highest BCUT2D eigenvalue weighted by Crippen LogP contribution is 2.41. The molecule has 0 aromatic rings. The van der Waals surface area contributed by atoms with E-state index in [1.54, 1.807) is 0 Å². The number of nitrogens with one attached hydrogen (secondary N) is 1. The Kier molecular flexibility index (Phi) is 6.14. The van der Waals surface area contributed by atoms with Crippen molar-refractivity contribution >= 4 is 0 Å². The van der Waals surface area contributed by atoms with Gasteiger partial charge in [0.2, 0.25) is 0 Å². The molecule has 0 bridgehead atoms. The number of piperidine rings is 1. The Morgan fingerprint density at radius 2 is 2.00 bits per heavy atom. The van der Waals surface area contributed by atoms with E-state index in [9.17, 15) is 0 Å². The number of likely N-dealkylation sites (tertiary alicyclic amines) is 1. The van der Waals surface area contributed by atoms with Crippen LogP contribution in [0.3, 0.4) is 0 Å². The highest BCUT2D eigenvalue weighted by Gasteiger charge is 2.38. The minimum atomic E-state index is 0.524. The van der Waals surface area contributed by atoms with Crippen molar-refractivity contribution in [3.8, 4) is 0 Å². The molecule has 1 saturated carbocycles. The van der Waals surface area contributed by atoms with Crippen molar-refractivity contribution in [2.24, 2.45) is 16.7 Å². The maximum atomic E-state index is 3.75. The van der Waals surface area contributed by atoms with Crippen LogP contribution < -0.4 is 5.32 Å². The lowest BCUT2D eigenvalue weighted by atomic mass is 9.69. The lowest BCUT2D eigenvalue weighted by molar-refractivity contribution is 0.0376. The summed E-state index contributed by atoms with van der Waals surface area (Å²) in [5.74, 6) is 0.917. The monoisotopic (exact) mass is 294 g/mol. The molecular formula is C19H38N2. The third-order valence-corrected chi connectivity index (χ3v) is 5.65. The Balaban J connectivity index is 1.97. The molecule has 2 rings (SSSR count). The van der Waals surface area contributed by atoms with E-state index in [1.807, 2.05) is 0 Å². The molecule has 21 heavy (non-hydrogen) atoms. The van der Waals surface area contributed by atoms with Crippen LogP contribution in [0.2, 0.25) is 0 Å². The van der Waals surface area contributed by atoms with E-state index >= 15 is 0 Å². The Morgan fingerprint density at radius 1 is 1.19 bits per heavy atom. The van der Waals surface area contributed by atoms with Crippen LogP contribution in [0, 0.1) is 16.7 Å². The van der Waals surface area contributed by atoms with E-state index < -0.39 is 0 Å². The van der Waals surface area contributed by atoms with Crippen LogP contribution in [0.1, 0.15) is 72.6 Å². The standard InChI is InChI=1S/C19H38N2/c1-5-11-20-14-19(10-6-8-17(2)13-19)16-21-12-7-9-18(3,4)15-21/h17,20H,5-16H2,1-4H3. The van der Waals surface area contributed by atoms with Gasteiger partial charge in [0.1, 0.15) is 0 Å². The molecular weight excluding hydrogens is 256 g/mol. The van der Waals surface area contributed by atoms with Crippen molar-refractivity contribution in [2.75, 3.05) is 32.7 Å². The number of hydrogen-bond donors (Lipinski definition) is 1. The molecule has 2 heteroatoms. The summed E-state index contributed by atoms with van der Waals surface area (Å²) in [7, 11) is 0. The Hall–Kier alpha value is -0.0800. The number of hydrogen-bond acceptors (Lipinski definition) is 2. The second kappa shape index (κ2) is 7.46. The SMILES string of the molecule is CCCNCC1(CN2CCCC(C)(C)C2)CCCC(C)C1. The average molecular weight is 295 g/mol. The van der Waals surface area contributed by atoms with E-state index in [1.165, 1.54) is 77.7 Å². The zero-order valence-corrected chi connectivity index (χ0v) is 15.0. The summed E-state index contributed by atoms with van der Waals surface area (Å²) < 4.78 is 0. The van der Waals surface area contributed by atoms with Gasteiger partial charge in [-0.2, -0.15) is 0 Å². The van der Waals surface area contributed by atoms with Crippen molar-refractivity contribution < 1.29 is 0 Å². The molecule has 0 radical (unpaired) electrons. The summed E-state index contributed by atoms with van der Waals surface area (Å²) >= 11 is 0. The molecule has 2 atom stereocenters. The molecule has 1 aliphatic carbocycles. The smallest absolute Gasteiger partial charge is 0.00505 e. The Morgan fingerprint density at radius 3 is 2.67 bits per heavy atom. The molecule has 2 unspecified atom stereocenters. The van der Waals surface area contributed by atoms with Gasteiger partial charge in [-0.25, -0.2) is 0 Å². The van der Waals surface area contributed by atoms with Gasteiger partial charge in [0.05, 0.1) is 0 Å². The van der Waals surface area contributed by atoms with Crippen molar-refractivity contribution in [1.29, 1.82) is 0 Å². The van der Waals surface area contributed by atoms with Gasteiger partial charge < -0.3 is 10.2 Å². The fourth-order valence-corrected chi connectivity index (χ4v) is 4.81. The molecule has 2 aliphatic rings. The largest absolute Gasteiger partial charge is 0.316 e. The second-order valence-corrected chi connectivity index (χ2v) is 8.86. The lowest BCUT2D eigenvalue weighted by Crippen LogP contribution is -2.50. The van der Waals surface area contributed by atoms with Crippen LogP contribution >= 0.6 is 0 Å². The van der Waals surface area contributed by atoms with Gasteiger partial charge in [-0.05, 0) is 61.9 Å². The van der Waals surface area contributed by atoms with E-state index in [2.05, 4.69) is 37.9 Å². The van der Waals surface area contributed by atoms with Crippen LogP contribution in [0.25, 0.3) is 0 Å². The van der Waals surface area contributed by atoms with Gasteiger partial charge in [-0.1, -0.05) is 40.5 Å². The first-order chi connectivity index (χ1) is 9.95. The van der Waals surface area contributed by atoms with Crippen molar-refractivity contribution in [1.82, 2.24) is 10.2 Å². The average Bonchev–Trinajstić information content (AvgIpc) is 2.37. The summed E-state index contributed by atoms with van der Waals surface area (Å²) in [4.78, 5) is 2.79. The molecule has 2 nitrogen and oxygen atoms in total. The van der Waals surface area contributed by atoms with Crippen molar-refractivity contribution in [3.63, 3.8) is 0 Å². The summed E-state index contributed by atoms with van der Waals surface area (Å²) in [6.07, 6.45) is 9.79. The number of nitrogens with zero attached hydrogens (tertiary/aromatic N) is 1. The lowest BCUT2D eigenvalue weighted by Gasteiger charge is -2.47. The van der Waals surface area contributed by atoms with Gasteiger partial charge in [0, 0.05) is 19.6 Å². The zero-order valence-electron chi connectivity index (χ0n) is 15.0. The zero-order chi connectivity index (χ0) is 15.3. The molecule has 1 heterocycles. The van der Waals surface area contributed by atoms with Crippen molar-refractivity contribution in [2.45, 2.75) is 72.6 Å². The minimum absolute atomic E-state index is 0.524. The highest BCUT2D eigenvalue weighted by molar-refractivity contribution is 4.92. The molecule has 0 aromatic heterocycles. The maximum Gasteiger partial charge on any atom is 0.00505 e. The van der Waals surface area contributed by atoms with Crippen LogP contribution in [0.5, 0.6) is 0 Å². The van der Waals surface area contributed by atoms with E-state index in [-0.39, 0.29) is 0 Å². The molecule has 0 spiro atoms. The summed E-state index contributed by atoms with van der Waals surface area (Å²) in [6.45, 7) is 16.0. The number of rotatable bonds is 6. The molecule has 2 fully saturated rings. The molecule has 0 amide bonds. The Bertz CT molecular complexity index is 313. The maximum absolute atomic E-state index is 3.75. The molecule has 1 aliphatic heterocycles. The van der Waals surface area contributed by atoms with Crippen LogP contribution in [-0.2, 0) is 0 Å². The van der Waals surface area contributed by atoms with Gasteiger partial charge in [-0.3, -0.25) is 0 Å². The first kappa shape index (κ1) is 17.3. The van der Waals surface area contributed by atoms with Gasteiger partial charge >= 0.3 is 0 Å². The van der Waals surface area contributed by atoms with Crippen LogP contribution in [0.15, 0.2) is 0 Å². The Labute approximate surface area is 133 Å². The molecule has 1 saturated heterocycles. The van der Waals surface area contributed by atoms with E-state index in [0.29, 0.717) is 10.8 Å². The third kappa shape index (κ3) is 5.25. The summed E-state index contributed by atoms with van der Waals surface area (Å²) in [6, 6.07) is 0. The first-order valence-electron chi connectivity index (χ1n) is 9.38. The topological polar surface area (TPSA) is 15.3 Å². The third-order valence-electron chi connectivity index (χ3n) is 5.65. The molecule has 1 N–H and O–H groups in total. The van der Waals surface area contributed by atoms with Gasteiger partial charge in [0.25, 0.3) is 0 Å².